The molecule has 3 nitrogen and oxygen atoms in total. The molecule has 1 atom stereocenters. The Morgan fingerprint density at radius 1 is 2.00 bits per heavy atom. The summed E-state index contributed by atoms with van der Waals surface area (Å²) >= 11 is 0. The Labute approximate surface area is 35.9 Å². The molecule has 0 heterocycles. The first-order valence-corrected chi connectivity index (χ1v) is 1.47. The fraction of sp³-hybridized carbons (Fsp3) is 0.333. The maximum atomic E-state index is 7.81. The second-order valence-electron chi connectivity index (χ2n) is 0.822. The number of nitrogens with one attached hydrogen (secondary N) is 1. The van der Waals surface area contributed by atoms with Crippen LogP contribution in [-0.4, -0.2) is 12.3 Å². The van der Waals surface area contributed by atoms with E-state index in [2.05, 4.69) is 0 Å². The third-order valence-corrected chi connectivity index (χ3v) is 0.329. The van der Waals surface area contributed by atoms with Gasteiger partial charge in [0.2, 0.25) is 0 Å². The van der Waals surface area contributed by atoms with Crippen LogP contribution in [0, 0.1) is 16.7 Å². The van der Waals surface area contributed by atoms with E-state index in [1.54, 1.807) is 6.07 Å². The molecule has 0 aliphatic heterocycles. The van der Waals surface area contributed by atoms with Crippen molar-refractivity contribution in [2.24, 2.45) is 5.73 Å². The Morgan fingerprint density at radius 3 is 2.50 bits per heavy atom. The maximum absolute atomic E-state index is 7.81. The van der Waals surface area contributed by atoms with Crippen molar-refractivity contribution in [3.63, 3.8) is 0 Å². The SMILES string of the molecule is N#CC(N)C=N. The fourth-order valence-electron chi connectivity index (χ4n) is 0.0373. The van der Waals surface area contributed by atoms with Crippen molar-refractivity contribution in [1.82, 2.24) is 0 Å². The molecular weight excluding hydrogens is 78.1 g/mol. The summed E-state index contributed by atoms with van der Waals surface area (Å²) in [5.41, 5.74) is 4.87. The Balaban J connectivity index is 3.30. The van der Waals surface area contributed by atoms with Crippen molar-refractivity contribution in [2.45, 2.75) is 6.04 Å². The summed E-state index contributed by atoms with van der Waals surface area (Å²) in [7, 11) is 0. The molecule has 0 aliphatic rings. The van der Waals surface area contributed by atoms with Crippen molar-refractivity contribution in [1.29, 1.82) is 10.7 Å². The summed E-state index contributed by atoms with van der Waals surface area (Å²) < 4.78 is 0. The van der Waals surface area contributed by atoms with E-state index < -0.39 is 6.04 Å². The molecular formula is C3H5N3. The topological polar surface area (TPSA) is 73.7 Å². The standard InChI is InChI=1S/C3H5N3/c4-1-3(6)2-5/h1,3-4H,6H2. The molecule has 3 heteroatoms. The van der Waals surface area contributed by atoms with Crippen LogP contribution >= 0.6 is 0 Å². The number of hydrogen-bond donors (Lipinski definition) is 2. The van der Waals surface area contributed by atoms with Gasteiger partial charge >= 0.3 is 0 Å². The van der Waals surface area contributed by atoms with Crippen LogP contribution < -0.4 is 5.73 Å². The van der Waals surface area contributed by atoms with Crippen LogP contribution in [0.25, 0.3) is 0 Å². The highest BCUT2D eigenvalue weighted by Crippen LogP contribution is 1.58. The average molecular weight is 83.1 g/mol. The molecule has 0 radical (unpaired) electrons. The minimum Gasteiger partial charge on any atom is -0.311 e. The first kappa shape index (κ1) is 5.12. The first-order chi connectivity index (χ1) is 2.81. The van der Waals surface area contributed by atoms with Gasteiger partial charge < -0.3 is 11.1 Å². The van der Waals surface area contributed by atoms with E-state index in [1.165, 1.54) is 0 Å². The number of hydrogen-bond acceptors (Lipinski definition) is 3. The minimum absolute atomic E-state index is 0.718. The van der Waals surface area contributed by atoms with E-state index in [4.69, 9.17) is 16.4 Å². The van der Waals surface area contributed by atoms with E-state index in [0.29, 0.717) is 0 Å². The van der Waals surface area contributed by atoms with Crippen molar-refractivity contribution in [3.8, 4) is 6.07 Å². The zero-order valence-corrected chi connectivity index (χ0v) is 3.18. The van der Waals surface area contributed by atoms with Crippen molar-refractivity contribution in [3.05, 3.63) is 0 Å². The first-order valence-electron chi connectivity index (χ1n) is 1.47. The molecule has 6 heavy (non-hydrogen) atoms. The fourth-order valence-corrected chi connectivity index (χ4v) is 0.0373. The smallest absolute Gasteiger partial charge is 0.128 e. The molecule has 0 rings (SSSR count). The lowest BCUT2D eigenvalue weighted by molar-refractivity contribution is 1.10. The van der Waals surface area contributed by atoms with Gasteiger partial charge in [0.15, 0.2) is 0 Å². The summed E-state index contributed by atoms with van der Waals surface area (Å²) in [6.07, 6.45) is 0.889. The van der Waals surface area contributed by atoms with Gasteiger partial charge in [-0.05, 0) is 0 Å². The molecule has 0 saturated heterocycles. The van der Waals surface area contributed by atoms with Gasteiger partial charge in [-0.2, -0.15) is 5.26 Å². The Hall–Kier alpha value is -0.880. The van der Waals surface area contributed by atoms with Gasteiger partial charge in [-0.25, -0.2) is 0 Å². The minimum atomic E-state index is -0.718. The lowest BCUT2D eigenvalue weighted by atomic mass is 10.4. The zero-order chi connectivity index (χ0) is 4.99. The zero-order valence-electron chi connectivity index (χ0n) is 3.18. The highest BCUT2D eigenvalue weighted by atomic mass is 14.6. The highest BCUT2D eigenvalue weighted by molar-refractivity contribution is 5.64. The Bertz CT molecular complexity index is 80.5. The van der Waals surface area contributed by atoms with Gasteiger partial charge in [-0.1, -0.05) is 0 Å². The molecule has 0 aromatic carbocycles. The van der Waals surface area contributed by atoms with E-state index in [0.717, 1.165) is 6.21 Å². The predicted molar refractivity (Wildman–Crippen MR) is 22.4 cm³/mol. The van der Waals surface area contributed by atoms with Crippen LogP contribution in [0.2, 0.25) is 0 Å². The third kappa shape index (κ3) is 1.44. The van der Waals surface area contributed by atoms with Gasteiger partial charge in [0.05, 0.1) is 6.07 Å². The molecule has 0 spiro atoms. The normalized spacial score (nSPS) is 12.0. The molecule has 0 aromatic rings. The summed E-state index contributed by atoms with van der Waals surface area (Å²) in [4.78, 5) is 0. The van der Waals surface area contributed by atoms with Crippen molar-refractivity contribution >= 4 is 6.21 Å². The van der Waals surface area contributed by atoms with Gasteiger partial charge in [-0.3, -0.25) is 0 Å². The molecule has 1 unspecified atom stereocenters. The van der Waals surface area contributed by atoms with Gasteiger partial charge in [0.25, 0.3) is 0 Å². The van der Waals surface area contributed by atoms with E-state index in [-0.39, 0.29) is 0 Å². The molecule has 0 fully saturated rings. The van der Waals surface area contributed by atoms with E-state index in [1.807, 2.05) is 0 Å². The number of rotatable bonds is 1. The summed E-state index contributed by atoms with van der Waals surface area (Å²) in [6.45, 7) is 0. The Kier molecular flexibility index (Phi) is 2.02. The lowest BCUT2D eigenvalue weighted by Gasteiger charge is -1.80. The Morgan fingerprint density at radius 2 is 2.50 bits per heavy atom. The van der Waals surface area contributed by atoms with Crippen LogP contribution in [-0.2, 0) is 0 Å². The van der Waals surface area contributed by atoms with Crippen LogP contribution in [0.5, 0.6) is 0 Å². The summed E-state index contributed by atoms with van der Waals surface area (Å²) in [5, 5.41) is 14.1. The quantitative estimate of drug-likeness (QED) is 0.419. The molecule has 32 valence electrons. The molecule has 0 amide bonds. The molecule has 0 aromatic heterocycles. The molecule has 3 N–H and O–H groups in total. The molecule has 0 aliphatic carbocycles. The molecule has 0 saturated carbocycles. The lowest BCUT2D eigenvalue weighted by Crippen LogP contribution is -2.17. The summed E-state index contributed by atoms with van der Waals surface area (Å²) in [5.74, 6) is 0. The maximum Gasteiger partial charge on any atom is 0.128 e. The third-order valence-electron chi connectivity index (χ3n) is 0.329. The summed E-state index contributed by atoms with van der Waals surface area (Å²) in [6, 6.07) is 0.932. The monoisotopic (exact) mass is 83.0 g/mol. The van der Waals surface area contributed by atoms with Crippen LogP contribution in [0.4, 0.5) is 0 Å². The number of nitrogens with zero attached hydrogens (tertiary/aromatic N) is 1. The van der Waals surface area contributed by atoms with Crippen molar-refractivity contribution < 1.29 is 0 Å². The molecule has 0 bridgehead atoms. The van der Waals surface area contributed by atoms with Gasteiger partial charge in [0, 0.05) is 6.21 Å². The largest absolute Gasteiger partial charge is 0.311 e. The van der Waals surface area contributed by atoms with E-state index in [9.17, 15) is 0 Å². The number of nitriles is 1. The van der Waals surface area contributed by atoms with E-state index >= 15 is 0 Å². The van der Waals surface area contributed by atoms with Crippen LogP contribution in [0.1, 0.15) is 0 Å². The second-order valence-corrected chi connectivity index (χ2v) is 0.822. The highest BCUT2D eigenvalue weighted by Gasteiger charge is 1.85. The second kappa shape index (κ2) is 2.36. The van der Waals surface area contributed by atoms with Crippen molar-refractivity contribution in [2.75, 3.05) is 0 Å². The van der Waals surface area contributed by atoms with Gasteiger partial charge in [-0.15, -0.1) is 0 Å². The number of nitrogens with two attached hydrogens (primary N) is 1. The average Bonchev–Trinajstić information content (AvgIpc) is 1.65. The predicted octanol–water partition coefficient (Wildman–Crippen LogP) is -0.513. The van der Waals surface area contributed by atoms with Crippen LogP contribution in [0.15, 0.2) is 0 Å². The van der Waals surface area contributed by atoms with Crippen LogP contribution in [0.3, 0.4) is 0 Å². The van der Waals surface area contributed by atoms with Gasteiger partial charge in [0.1, 0.15) is 6.04 Å².